The van der Waals surface area contributed by atoms with Crippen molar-refractivity contribution in [2.45, 2.75) is 32.6 Å². The maximum Gasteiger partial charge on any atom is 0.162 e. The number of dihydropyridines is 1. The number of ketones is 1. The topological polar surface area (TPSA) is 29.1 Å². The molecule has 2 nitrogen and oxygen atoms in total. The number of allylic oxidation sites excluding steroid dienone is 3. The highest BCUT2D eigenvalue weighted by Gasteiger charge is 2.38. The van der Waals surface area contributed by atoms with E-state index in [1.165, 1.54) is 12.1 Å². The molecule has 25 heavy (non-hydrogen) atoms. The highest BCUT2D eigenvalue weighted by atomic mass is 32.1. The second-order valence-electron chi connectivity index (χ2n) is 7.55. The molecule has 1 unspecified atom stereocenters. The molecule has 1 atom stereocenters. The number of rotatable bonds is 2. The number of carbonyl (C=O) groups is 1. The second kappa shape index (κ2) is 5.95. The summed E-state index contributed by atoms with van der Waals surface area (Å²) in [6, 6.07) is 10.6. The standard InChI is InChI=1S/C21H20FNOS/c1-21(2)11-17-20(18(24)12-21)15(13-5-7-14(22)8-6-13)10-16(23-17)19-4-3-9-25-19/h3-10,15,23H,11-12H2,1-2H3. The molecule has 1 N–H and O–H groups in total. The number of hydrogen-bond donors (Lipinski definition) is 1. The third kappa shape index (κ3) is 3.07. The average molecular weight is 353 g/mol. The molecule has 1 aromatic heterocycles. The van der Waals surface area contributed by atoms with Gasteiger partial charge in [-0.05, 0) is 47.1 Å². The summed E-state index contributed by atoms with van der Waals surface area (Å²) in [5.41, 5.74) is 3.80. The monoisotopic (exact) mass is 353 g/mol. The van der Waals surface area contributed by atoms with Gasteiger partial charge in [0.25, 0.3) is 0 Å². The third-order valence-electron chi connectivity index (χ3n) is 4.87. The van der Waals surface area contributed by atoms with E-state index in [0.717, 1.165) is 33.8 Å². The van der Waals surface area contributed by atoms with Crippen LogP contribution in [-0.4, -0.2) is 5.78 Å². The molecule has 0 amide bonds. The molecular formula is C21H20FNOS. The van der Waals surface area contributed by atoms with Crippen LogP contribution in [0, 0.1) is 11.2 Å². The summed E-state index contributed by atoms with van der Waals surface area (Å²) in [6.45, 7) is 4.26. The zero-order valence-corrected chi connectivity index (χ0v) is 15.1. The third-order valence-corrected chi connectivity index (χ3v) is 5.77. The first-order valence-electron chi connectivity index (χ1n) is 8.47. The van der Waals surface area contributed by atoms with Crippen molar-refractivity contribution in [3.63, 3.8) is 0 Å². The van der Waals surface area contributed by atoms with Crippen LogP contribution in [0.2, 0.25) is 0 Å². The van der Waals surface area contributed by atoms with E-state index >= 15 is 0 Å². The number of nitrogens with one attached hydrogen (secondary N) is 1. The first kappa shape index (κ1) is 16.3. The van der Waals surface area contributed by atoms with Gasteiger partial charge in [-0.3, -0.25) is 4.79 Å². The fourth-order valence-corrected chi connectivity index (χ4v) is 4.48. The number of carbonyl (C=O) groups excluding carboxylic acids is 1. The summed E-state index contributed by atoms with van der Waals surface area (Å²) in [5.74, 6) is -0.197. The minimum absolute atomic E-state index is 0.0475. The number of thiophene rings is 1. The molecule has 1 aromatic carbocycles. The molecule has 2 heterocycles. The van der Waals surface area contributed by atoms with Gasteiger partial charge in [-0.2, -0.15) is 0 Å². The van der Waals surface area contributed by atoms with Crippen LogP contribution >= 0.6 is 11.3 Å². The Morgan fingerprint density at radius 2 is 1.92 bits per heavy atom. The molecule has 0 saturated heterocycles. The maximum atomic E-state index is 13.4. The fourth-order valence-electron chi connectivity index (χ4n) is 3.77. The molecule has 2 aromatic rings. The zero-order valence-electron chi connectivity index (χ0n) is 14.3. The summed E-state index contributed by atoms with van der Waals surface area (Å²) in [4.78, 5) is 14.0. The van der Waals surface area contributed by atoms with E-state index in [0.29, 0.717) is 6.42 Å². The summed E-state index contributed by atoms with van der Waals surface area (Å²) < 4.78 is 13.4. The van der Waals surface area contributed by atoms with Gasteiger partial charge in [0.2, 0.25) is 0 Å². The van der Waals surface area contributed by atoms with Crippen molar-refractivity contribution < 1.29 is 9.18 Å². The van der Waals surface area contributed by atoms with E-state index in [9.17, 15) is 9.18 Å². The van der Waals surface area contributed by atoms with Gasteiger partial charge in [-0.25, -0.2) is 4.39 Å². The lowest BCUT2D eigenvalue weighted by atomic mass is 9.70. The lowest BCUT2D eigenvalue weighted by molar-refractivity contribution is -0.118. The van der Waals surface area contributed by atoms with Crippen molar-refractivity contribution >= 4 is 22.8 Å². The molecule has 1 aliphatic carbocycles. The largest absolute Gasteiger partial charge is 0.358 e. The van der Waals surface area contributed by atoms with Crippen LogP contribution < -0.4 is 5.32 Å². The molecule has 4 heteroatoms. The Morgan fingerprint density at radius 1 is 1.16 bits per heavy atom. The van der Waals surface area contributed by atoms with Gasteiger partial charge in [0.1, 0.15) is 5.82 Å². The smallest absolute Gasteiger partial charge is 0.162 e. The van der Waals surface area contributed by atoms with Gasteiger partial charge in [-0.15, -0.1) is 11.3 Å². The summed E-state index contributed by atoms with van der Waals surface area (Å²) in [7, 11) is 0. The van der Waals surface area contributed by atoms with Crippen molar-refractivity contribution in [3.05, 3.63) is 75.4 Å². The average Bonchev–Trinajstić information content (AvgIpc) is 3.07. The molecule has 0 spiro atoms. The van der Waals surface area contributed by atoms with Crippen LogP contribution in [0.25, 0.3) is 5.70 Å². The number of Topliss-reactive ketones (excluding diaryl/α,β-unsaturated/α-hetero) is 1. The highest BCUT2D eigenvalue weighted by molar-refractivity contribution is 7.11. The molecule has 4 rings (SSSR count). The quantitative estimate of drug-likeness (QED) is 0.798. The van der Waals surface area contributed by atoms with Gasteiger partial charge in [-0.1, -0.05) is 32.0 Å². The Hall–Kier alpha value is -2.20. The van der Waals surface area contributed by atoms with Crippen LogP contribution in [0.3, 0.4) is 0 Å². The lowest BCUT2D eigenvalue weighted by Gasteiger charge is -2.38. The van der Waals surface area contributed by atoms with Crippen molar-refractivity contribution in [3.8, 4) is 0 Å². The Labute approximate surface area is 151 Å². The molecular weight excluding hydrogens is 333 g/mol. The van der Waals surface area contributed by atoms with Gasteiger partial charge in [0.15, 0.2) is 5.78 Å². The molecule has 0 radical (unpaired) electrons. The van der Waals surface area contributed by atoms with Crippen LogP contribution in [0.15, 0.2) is 59.1 Å². The van der Waals surface area contributed by atoms with Gasteiger partial charge in [0.05, 0.1) is 10.6 Å². The molecule has 0 bridgehead atoms. The first-order valence-corrected chi connectivity index (χ1v) is 9.35. The molecule has 1 aliphatic heterocycles. The zero-order chi connectivity index (χ0) is 17.6. The lowest BCUT2D eigenvalue weighted by Crippen LogP contribution is -2.35. The normalized spacial score (nSPS) is 22.3. The van der Waals surface area contributed by atoms with Crippen molar-refractivity contribution in [2.24, 2.45) is 5.41 Å². The molecule has 2 aliphatic rings. The second-order valence-corrected chi connectivity index (χ2v) is 8.49. The van der Waals surface area contributed by atoms with Crippen molar-refractivity contribution in [1.29, 1.82) is 0 Å². The predicted molar refractivity (Wildman–Crippen MR) is 99.6 cm³/mol. The van der Waals surface area contributed by atoms with Crippen molar-refractivity contribution in [1.82, 2.24) is 5.32 Å². The highest BCUT2D eigenvalue weighted by Crippen LogP contribution is 2.45. The Bertz CT molecular complexity index is 875. The van der Waals surface area contributed by atoms with Crippen LogP contribution in [0.5, 0.6) is 0 Å². The van der Waals surface area contributed by atoms with E-state index in [1.807, 2.05) is 11.4 Å². The minimum Gasteiger partial charge on any atom is -0.358 e. The molecule has 0 saturated carbocycles. The van der Waals surface area contributed by atoms with E-state index in [-0.39, 0.29) is 22.9 Å². The van der Waals surface area contributed by atoms with E-state index in [4.69, 9.17) is 0 Å². The molecule has 0 fully saturated rings. The van der Waals surface area contributed by atoms with E-state index in [2.05, 4.69) is 31.3 Å². The van der Waals surface area contributed by atoms with Crippen LogP contribution in [0.4, 0.5) is 4.39 Å². The fraction of sp³-hybridized carbons (Fsp3) is 0.286. The van der Waals surface area contributed by atoms with Gasteiger partial charge < -0.3 is 5.32 Å². The van der Waals surface area contributed by atoms with E-state index in [1.54, 1.807) is 23.5 Å². The summed E-state index contributed by atoms with van der Waals surface area (Å²) >= 11 is 1.67. The van der Waals surface area contributed by atoms with Crippen LogP contribution in [0.1, 0.15) is 43.0 Å². The van der Waals surface area contributed by atoms with Crippen molar-refractivity contribution in [2.75, 3.05) is 0 Å². The number of hydrogen-bond acceptors (Lipinski definition) is 3. The summed E-state index contributed by atoms with van der Waals surface area (Å²) in [5, 5.41) is 5.56. The van der Waals surface area contributed by atoms with Gasteiger partial charge in [0, 0.05) is 23.6 Å². The Balaban J connectivity index is 1.83. The number of benzene rings is 1. The molecule has 128 valence electrons. The van der Waals surface area contributed by atoms with Crippen LogP contribution in [-0.2, 0) is 4.79 Å². The minimum atomic E-state index is -0.259. The van der Waals surface area contributed by atoms with Gasteiger partial charge >= 0.3 is 0 Å². The summed E-state index contributed by atoms with van der Waals surface area (Å²) in [6.07, 6.45) is 3.50. The number of halogens is 1. The SMILES string of the molecule is CC1(C)CC(=O)C2=C(C1)NC(c1cccs1)=CC2c1ccc(F)cc1. The maximum absolute atomic E-state index is 13.4. The predicted octanol–water partition coefficient (Wildman–Crippen LogP) is 5.26. The first-order chi connectivity index (χ1) is 11.9. The Morgan fingerprint density at radius 3 is 2.60 bits per heavy atom. The van der Waals surface area contributed by atoms with E-state index < -0.39 is 0 Å². The Kier molecular flexibility index (Phi) is 3.88.